The molecular formula is C9H17NO3. The molecule has 4 nitrogen and oxygen atoms in total. The molecule has 2 saturated heterocycles. The first-order valence-corrected chi connectivity index (χ1v) is 4.66. The van der Waals surface area contributed by atoms with Crippen LogP contribution in [0.25, 0.3) is 0 Å². The number of nitrogens with one attached hydrogen (secondary N) is 1. The number of aliphatic carboxylic acids is 1. The summed E-state index contributed by atoms with van der Waals surface area (Å²) in [5.41, 5.74) is 0. The van der Waals surface area contributed by atoms with Crippen molar-refractivity contribution >= 4 is 5.97 Å². The molecule has 2 unspecified atom stereocenters. The molecule has 2 atom stereocenters. The zero-order chi connectivity index (χ0) is 9.68. The Labute approximate surface area is 78.3 Å². The van der Waals surface area contributed by atoms with Crippen LogP contribution >= 0.6 is 0 Å². The van der Waals surface area contributed by atoms with Crippen molar-refractivity contribution in [2.75, 3.05) is 26.3 Å². The van der Waals surface area contributed by atoms with Crippen molar-refractivity contribution in [3.8, 4) is 0 Å². The van der Waals surface area contributed by atoms with Gasteiger partial charge in [0.05, 0.1) is 13.2 Å². The lowest BCUT2D eigenvalue weighted by atomic mass is 9.90. The minimum absolute atomic E-state index is 0.817. The molecular weight excluding hydrogens is 170 g/mol. The molecule has 76 valence electrons. The quantitative estimate of drug-likeness (QED) is 0.574. The van der Waals surface area contributed by atoms with Crippen molar-refractivity contribution in [1.82, 2.24) is 5.32 Å². The monoisotopic (exact) mass is 187 g/mol. The van der Waals surface area contributed by atoms with Gasteiger partial charge >= 0.3 is 0 Å². The Kier molecular flexibility index (Phi) is 4.18. The predicted molar refractivity (Wildman–Crippen MR) is 48.6 cm³/mol. The highest BCUT2D eigenvalue weighted by Crippen LogP contribution is 2.21. The van der Waals surface area contributed by atoms with E-state index in [1.807, 2.05) is 0 Å². The fourth-order valence-electron chi connectivity index (χ4n) is 1.78. The van der Waals surface area contributed by atoms with Crippen LogP contribution in [-0.4, -0.2) is 37.4 Å². The Morgan fingerprint density at radius 1 is 1.38 bits per heavy atom. The van der Waals surface area contributed by atoms with E-state index in [9.17, 15) is 0 Å². The molecule has 2 rings (SSSR count). The fraction of sp³-hybridized carbons (Fsp3) is 0.889. The first-order valence-electron chi connectivity index (χ1n) is 4.66. The Balaban J connectivity index is 0.000000184. The predicted octanol–water partition coefficient (Wildman–Crippen LogP) is 0.333. The number of carboxylic acid groups (broad SMARTS) is 1. The van der Waals surface area contributed by atoms with Gasteiger partial charge in [0.25, 0.3) is 5.97 Å². The van der Waals surface area contributed by atoms with Crippen LogP contribution in [-0.2, 0) is 9.53 Å². The third-order valence-electron chi connectivity index (χ3n) is 2.24. The lowest BCUT2D eigenvalue weighted by Crippen LogP contribution is -2.43. The van der Waals surface area contributed by atoms with E-state index >= 15 is 0 Å². The number of ether oxygens (including phenoxy) is 1. The van der Waals surface area contributed by atoms with Gasteiger partial charge in [-0.1, -0.05) is 0 Å². The van der Waals surface area contributed by atoms with Crippen molar-refractivity contribution in [3.63, 3.8) is 0 Å². The van der Waals surface area contributed by atoms with Crippen molar-refractivity contribution in [2.45, 2.75) is 13.3 Å². The maximum atomic E-state index is 9.00. The number of carbonyl (C=O) groups is 1. The van der Waals surface area contributed by atoms with Crippen LogP contribution in [0.15, 0.2) is 0 Å². The molecule has 0 aromatic rings. The average molecular weight is 187 g/mol. The zero-order valence-electron chi connectivity index (χ0n) is 7.95. The Bertz CT molecular complexity index is 148. The van der Waals surface area contributed by atoms with Gasteiger partial charge in [-0.05, 0) is 18.3 Å². The topological polar surface area (TPSA) is 58.6 Å². The summed E-state index contributed by atoms with van der Waals surface area (Å²) in [5, 5.41) is 10.8. The van der Waals surface area contributed by atoms with Gasteiger partial charge in [0.1, 0.15) is 0 Å². The molecule has 2 aliphatic rings. The normalized spacial score (nSPS) is 31.5. The molecule has 4 heteroatoms. The molecule has 2 bridgehead atoms. The van der Waals surface area contributed by atoms with Crippen LogP contribution in [0.4, 0.5) is 0 Å². The maximum Gasteiger partial charge on any atom is 0.300 e. The summed E-state index contributed by atoms with van der Waals surface area (Å²) < 4.78 is 5.40. The lowest BCUT2D eigenvalue weighted by molar-refractivity contribution is -0.134. The molecule has 13 heavy (non-hydrogen) atoms. The number of fused-ring (bicyclic) bond motifs is 2. The summed E-state index contributed by atoms with van der Waals surface area (Å²) in [6.07, 6.45) is 1.40. The zero-order valence-corrected chi connectivity index (χ0v) is 7.95. The van der Waals surface area contributed by atoms with Crippen LogP contribution in [0.5, 0.6) is 0 Å². The number of piperidine rings is 1. The van der Waals surface area contributed by atoms with E-state index in [0.717, 1.165) is 32.0 Å². The molecule has 0 amide bonds. The molecule has 2 N–H and O–H groups in total. The van der Waals surface area contributed by atoms with E-state index in [2.05, 4.69) is 5.32 Å². The van der Waals surface area contributed by atoms with E-state index in [1.54, 1.807) is 0 Å². The van der Waals surface area contributed by atoms with Crippen LogP contribution in [0.1, 0.15) is 13.3 Å². The van der Waals surface area contributed by atoms with Crippen LogP contribution in [0.3, 0.4) is 0 Å². The van der Waals surface area contributed by atoms with Crippen molar-refractivity contribution in [3.05, 3.63) is 0 Å². The second-order valence-electron chi connectivity index (χ2n) is 3.68. The second-order valence-corrected chi connectivity index (χ2v) is 3.68. The Morgan fingerprint density at radius 3 is 2.23 bits per heavy atom. The van der Waals surface area contributed by atoms with Gasteiger partial charge in [-0.15, -0.1) is 0 Å². The molecule has 0 spiro atoms. The first-order chi connectivity index (χ1) is 6.18. The highest BCUT2D eigenvalue weighted by Gasteiger charge is 2.25. The highest BCUT2D eigenvalue weighted by molar-refractivity contribution is 5.62. The third-order valence-corrected chi connectivity index (χ3v) is 2.24. The van der Waals surface area contributed by atoms with Crippen LogP contribution < -0.4 is 5.32 Å². The van der Waals surface area contributed by atoms with Gasteiger partial charge in [0, 0.05) is 20.0 Å². The van der Waals surface area contributed by atoms with E-state index < -0.39 is 5.97 Å². The lowest BCUT2D eigenvalue weighted by Gasteiger charge is -2.34. The van der Waals surface area contributed by atoms with Gasteiger partial charge in [-0.2, -0.15) is 0 Å². The molecule has 0 radical (unpaired) electrons. The van der Waals surface area contributed by atoms with Gasteiger partial charge in [0.15, 0.2) is 0 Å². The largest absolute Gasteiger partial charge is 0.481 e. The summed E-state index contributed by atoms with van der Waals surface area (Å²) >= 11 is 0. The molecule has 2 aliphatic heterocycles. The summed E-state index contributed by atoms with van der Waals surface area (Å²) in [4.78, 5) is 9.00. The molecule has 0 aliphatic carbocycles. The van der Waals surface area contributed by atoms with Crippen LogP contribution in [0, 0.1) is 11.8 Å². The highest BCUT2D eigenvalue weighted by atomic mass is 16.5. The number of hydrogen-bond donors (Lipinski definition) is 2. The van der Waals surface area contributed by atoms with Crippen molar-refractivity contribution in [2.24, 2.45) is 11.8 Å². The summed E-state index contributed by atoms with van der Waals surface area (Å²) in [6, 6.07) is 0. The smallest absolute Gasteiger partial charge is 0.300 e. The number of carboxylic acids is 1. The van der Waals surface area contributed by atoms with E-state index in [1.165, 1.54) is 19.5 Å². The van der Waals surface area contributed by atoms with E-state index in [-0.39, 0.29) is 0 Å². The van der Waals surface area contributed by atoms with Gasteiger partial charge < -0.3 is 15.2 Å². The minimum atomic E-state index is -0.833. The molecule has 0 aromatic carbocycles. The van der Waals surface area contributed by atoms with Gasteiger partial charge in [0.2, 0.25) is 0 Å². The molecule has 0 aromatic heterocycles. The number of rotatable bonds is 0. The van der Waals surface area contributed by atoms with Crippen molar-refractivity contribution in [1.29, 1.82) is 0 Å². The molecule has 2 heterocycles. The van der Waals surface area contributed by atoms with E-state index in [4.69, 9.17) is 14.6 Å². The second kappa shape index (κ2) is 5.19. The SMILES string of the molecule is C1NCC2COCC1C2.CC(=O)O. The minimum Gasteiger partial charge on any atom is -0.481 e. The third kappa shape index (κ3) is 4.24. The number of hydrogen-bond acceptors (Lipinski definition) is 3. The Morgan fingerprint density at radius 2 is 1.85 bits per heavy atom. The van der Waals surface area contributed by atoms with Gasteiger partial charge in [-0.3, -0.25) is 4.79 Å². The molecule has 0 saturated carbocycles. The fourth-order valence-corrected chi connectivity index (χ4v) is 1.78. The molecule has 2 fully saturated rings. The standard InChI is InChI=1S/C7H13NO.C2H4O2/c1-6-2-8-3-7(1)5-9-4-6;1-2(3)4/h6-8H,1-5H2;1H3,(H,3,4). The summed E-state index contributed by atoms with van der Waals surface area (Å²) in [5.74, 6) is 0.801. The van der Waals surface area contributed by atoms with Crippen molar-refractivity contribution < 1.29 is 14.6 Å². The van der Waals surface area contributed by atoms with E-state index in [0.29, 0.717) is 0 Å². The first kappa shape index (κ1) is 10.5. The maximum absolute atomic E-state index is 9.00. The van der Waals surface area contributed by atoms with Crippen LogP contribution in [0.2, 0.25) is 0 Å². The Hall–Kier alpha value is -0.610. The van der Waals surface area contributed by atoms with Gasteiger partial charge in [-0.25, -0.2) is 0 Å². The summed E-state index contributed by atoms with van der Waals surface area (Å²) in [7, 11) is 0. The average Bonchev–Trinajstić information content (AvgIpc) is 2.03. The summed E-state index contributed by atoms with van der Waals surface area (Å²) in [6.45, 7) is 5.42.